The van der Waals surface area contributed by atoms with Crippen LogP contribution in [0.15, 0.2) is 42.5 Å². The van der Waals surface area contributed by atoms with Gasteiger partial charge in [0.15, 0.2) is 17.4 Å². The smallest absolute Gasteiger partial charge is 0.263 e. The average Bonchev–Trinajstić information content (AvgIpc) is 3.25. The minimum absolute atomic E-state index is 0.00732. The summed E-state index contributed by atoms with van der Waals surface area (Å²) in [6, 6.07) is 11.6. The fourth-order valence-electron chi connectivity index (χ4n) is 5.35. The van der Waals surface area contributed by atoms with Crippen LogP contribution >= 0.6 is 0 Å². The molecular formula is C25H24F3N5O2. The molecule has 0 saturated carbocycles. The molecule has 2 atom stereocenters. The molecule has 182 valence electrons. The molecule has 35 heavy (non-hydrogen) atoms. The highest BCUT2D eigenvalue weighted by molar-refractivity contribution is 5.77. The minimum atomic E-state index is -2.65. The van der Waals surface area contributed by atoms with E-state index in [0.29, 0.717) is 17.3 Å². The first kappa shape index (κ1) is 22.0. The Morgan fingerprint density at radius 2 is 2.03 bits per heavy atom. The number of ether oxygens (including phenoxy) is 1. The Morgan fingerprint density at radius 3 is 2.89 bits per heavy atom. The van der Waals surface area contributed by atoms with Crippen LogP contribution < -0.4 is 20.3 Å². The van der Waals surface area contributed by atoms with Gasteiger partial charge in [-0.3, -0.25) is 0 Å². The third kappa shape index (κ3) is 3.63. The largest absolute Gasteiger partial charge is 0.504 e. The van der Waals surface area contributed by atoms with Crippen LogP contribution in [0, 0.1) is 5.82 Å². The number of aromatic hydroxyl groups is 1. The molecule has 1 saturated heterocycles. The SMILES string of the molecule is Oc1c(F)cccc1-c1cc2c(nn1)NC[C@@]1(C(F)F)C[C@@H](Oc3ccc4c(c3)CCNC4)CN21. The van der Waals surface area contributed by atoms with E-state index in [1.165, 1.54) is 23.3 Å². The van der Waals surface area contributed by atoms with Gasteiger partial charge in [-0.05, 0) is 54.4 Å². The van der Waals surface area contributed by atoms with E-state index in [4.69, 9.17) is 4.74 Å². The van der Waals surface area contributed by atoms with Gasteiger partial charge < -0.3 is 25.4 Å². The van der Waals surface area contributed by atoms with Crippen LogP contribution in [-0.4, -0.2) is 53.0 Å². The highest BCUT2D eigenvalue weighted by Crippen LogP contribution is 2.46. The van der Waals surface area contributed by atoms with Crippen molar-refractivity contribution in [2.45, 2.75) is 37.5 Å². The lowest BCUT2D eigenvalue weighted by molar-refractivity contribution is 0.0532. The van der Waals surface area contributed by atoms with Gasteiger partial charge in [-0.2, -0.15) is 0 Å². The van der Waals surface area contributed by atoms with Crippen molar-refractivity contribution in [3.8, 4) is 22.8 Å². The van der Waals surface area contributed by atoms with Gasteiger partial charge in [-0.25, -0.2) is 13.2 Å². The zero-order chi connectivity index (χ0) is 24.2. The zero-order valence-corrected chi connectivity index (χ0v) is 18.8. The maximum absolute atomic E-state index is 14.6. The van der Waals surface area contributed by atoms with Gasteiger partial charge in [0, 0.05) is 25.1 Å². The summed E-state index contributed by atoms with van der Waals surface area (Å²) < 4.78 is 49.3. The van der Waals surface area contributed by atoms with E-state index < -0.39 is 29.6 Å². The summed E-state index contributed by atoms with van der Waals surface area (Å²) in [5, 5.41) is 24.7. The van der Waals surface area contributed by atoms with Crippen LogP contribution in [0.25, 0.3) is 11.3 Å². The van der Waals surface area contributed by atoms with Gasteiger partial charge in [0.25, 0.3) is 6.43 Å². The first-order chi connectivity index (χ1) is 16.9. The van der Waals surface area contributed by atoms with Crippen LogP contribution in [0.4, 0.5) is 24.7 Å². The fourth-order valence-corrected chi connectivity index (χ4v) is 5.35. The maximum Gasteiger partial charge on any atom is 0.263 e. The molecule has 4 heterocycles. The molecule has 3 aromatic rings. The number of anilines is 2. The lowest BCUT2D eigenvalue weighted by Gasteiger charge is -2.43. The summed E-state index contributed by atoms with van der Waals surface area (Å²) in [7, 11) is 0. The first-order valence-electron chi connectivity index (χ1n) is 11.6. The van der Waals surface area contributed by atoms with E-state index in [-0.39, 0.29) is 30.8 Å². The van der Waals surface area contributed by atoms with Gasteiger partial charge in [0.05, 0.1) is 17.9 Å². The van der Waals surface area contributed by atoms with Gasteiger partial charge in [-0.15, -0.1) is 10.2 Å². The van der Waals surface area contributed by atoms with Gasteiger partial charge >= 0.3 is 0 Å². The molecule has 6 rings (SSSR count). The molecule has 0 amide bonds. The number of hydrogen-bond donors (Lipinski definition) is 3. The molecule has 3 aliphatic heterocycles. The van der Waals surface area contributed by atoms with Crippen LogP contribution in [-0.2, 0) is 13.0 Å². The Labute approximate surface area is 199 Å². The first-order valence-corrected chi connectivity index (χ1v) is 11.6. The van der Waals surface area contributed by atoms with Crippen molar-refractivity contribution >= 4 is 11.5 Å². The lowest BCUT2D eigenvalue weighted by Crippen LogP contribution is -2.57. The number of nitrogens with one attached hydrogen (secondary N) is 2. The maximum atomic E-state index is 14.6. The van der Waals surface area contributed by atoms with E-state index in [9.17, 15) is 18.3 Å². The van der Waals surface area contributed by atoms with Crippen LogP contribution in [0.2, 0.25) is 0 Å². The number of phenolic OH excluding ortho intramolecular Hbond substituents is 1. The molecule has 7 nitrogen and oxygen atoms in total. The number of nitrogens with zero attached hydrogens (tertiary/aromatic N) is 3. The molecule has 1 aromatic heterocycles. The van der Waals surface area contributed by atoms with Gasteiger partial charge in [0.2, 0.25) is 0 Å². The standard InChI is InChI=1S/C25H24F3N5O2/c26-19-3-1-2-18(22(19)34)20-9-21-23(32-31-20)30-13-25(24(27)28)10-17(12-33(21)25)35-16-5-4-15-11-29-7-6-14(15)8-16/h1-5,8-9,17,24,29,34H,6-7,10-13H2,(H,30,32)/t17-,25-/m1/s1. The molecule has 0 radical (unpaired) electrons. The summed E-state index contributed by atoms with van der Waals surface area (Å²) in [4.78, 5) is 1.63. The minimum Gasteiger partial charge on any atom is -0.504 e. The zero-order valence-electron chi connectivity index (χ0n) is 18.8. The molecule has 0 bridgehead atoms. The van der Waals surface area contributed by atoms with Crippen molar-refractivity contribution in [1.82, 2.24) is 15.5 Å². The summed E-state index contributed by atoms with van der Waals surface area (Å²) in [6.07, 6.45) is -2.09. The number of para-hydroxylation sites is 1. The molecule has 2 aromatic carbocycles. The Morgan fingerprint density at radius 1 is 1.14 bits per heavy atom. The second-order valence-electron chi connectivity index (χ2n) is 9.27. The van der Waals surface area contributed by atoms with Crippen molar-refractivity contribution in [3.05, 3.63) is 59.4 Å². The Kier molecular flexibility index (Phi) is 5.21. The number of alkyl halides is 2. The summed E-state index contributed by atoms with van der Waals surface area (Å²) in [6.45, 7) is 1.94. The van der Waals surface area contributed by atoms with E-state index in [1.807, 2.05) is 18.2 Å². The third-order valence-electron chi connectivity index (χ3n) is 7.17. The highest BCUT2D eigenvalue weighted by Gasteiger charge is 2.55. The van der Waals surface area contributed by atoms with Crippen molar-refractivity contribution in [3.63, 3.8) is 0 Å². The highest BCUT2D eigenvalue weighted by atomic mass is 19.3. The summed E-state index contributed by atoms with van der Waals surface area (Å²) >= 11 is 0. The second kappa shape index (κ2) is 8.30. The lowest BCUT2D eigenvalue weighted by atomic mass is 9.93. The van der Waals surface area contributed by atoms with Crippen LogP contribution in [0.3, 0.4) is 0 Å². The van der Waals surface area contributed by atoms with Crippen molar-refractivity contribution in [1.29, 1.82) is 0 Å². The molecule has 0 aliphatic carbocycles. The number of phenols is 1. The van der Waals surface area contributed by atoms with E-state index in [2.05, 4.69) is 20.8 Å². The number of rotatable bonds is 4. The number of aromatic nitrogens is 2. The molecular weight excluding hydrogens is 459 g/mol. The monoisotopic (exact) mass is 483 g/mol. The quantitative estimate of drug-likeness (QED) is 0.522. The predicted octanol–water partition coefficient (Wildman–Crippen LogP) is 3.72. The number of halogens is 3. The van der Waals surface area contributed by atoms with E-state index >= 15 is 0 Å². The number of benzene rings is 2. The van der Waals surface area contributed by atoms with Crippen LogP contribution in [0.1, 0.15) is 17.5 Å². The Bertz CT molecular complexity index is 1290. The summed E-state index contributed by atoms with van der Waals surface area (Å²) in [5.41, 5.74) is 1.71. The Hall–Kier alpha value is -3.53. The van der Waals surface area contributed by atoms with Gasteiger partial charge in [0.1, 0.15) is 17.4 Å². The molecule has 0 spiro atoms. The summed E-state index contributed by atoms with van der Waals surface area (Å²) in [5.74, 6) is -0.317. The molecule has 3 aliphatic rings. The van der Waals surface area contributed by atoms with Crippen LogP contribution in [0.5, 0.6) is 11.5 Å². The molecule has 3 N–H and O–H groups in total. The Balaban J connectivity index is 1.33. The number of fused-ring (bicyclic) bond motifs is 4. The fraction of sp³-hybridized carbons (Fsp3) is 0.360. The number of hydrogen-bond acceptors (Lipinski definition) is 7. The van der Waals surface area contributed by atoms with E-state index in [0.717, 1.165) is 25.6 Å². The predicted molar refractivity (Wildman–Crippen MR) is 125 cm³/mol. The van der Waals surface area contributed by atoms with Gasteiger partial charge in [-0.1, -0.05) is 12.1 Å². The third-order valence-corrected chi connectivity index (χ3v) is 7.17. The van der Waals surface area contributed by atoms with Crippen molar-refractivity contribution < 1.29 is 23.0 Å². The molecule has 10 heteroatoms. The van der Waals surface area contributed by atoms with Crippen molar-refractivity contribution in [2.24, 2.45) is 0 Å². The average molecular weight is 483 g/mol. The second-order valence-corrected chi connectivity index (χ2v) is 9.27. The van der Waals surface area contributed by atoms with E-state index in [1.54, 1.807) is 11.0 Å². The molecule has 1 fully saturated rings. The van der Waals surface area contributed by atoms with Crippen molar-refractivity contribution in [2.75, 3.05) is 29.9 Å². The molecule has 0 unspecified atom stereocenters. The normalized spacial score (nSPS) is 22.9. The topological polar surface area (TPSA) is 82.5 Å².